The van der Waals surface area contributed by atoms with Crippen LogP contribution >= 0.6 is 0 Å². The van der Waals surface area contributed by atoms with E-state index in [9.17, 15) is 0 Å². The highest BCUT2D eigenvalue weighted by Crippen LogP contribution is 2.38. The molecule has 1 fully saturated rings. The molecule has 1 aliphatic heterocycles. The van der Waals surface area contributed by atoms with Crippen molar-refractivity contribution >= 4 is 0 Å². The average Bonchev–Trinajstić information content (AvgIpc) is 2.58. The van der Waals surface area contributed by atoms with Gasteiger partial charge in [-0.05, 0) is 52.5 Å². The van der Waals surface area contributed by atoms with Crippen LogP contribution in [0.1, 0.15) is 52.9 Å². The van der Waals surface area contributed by atoms with Crippen LogP contribution in [-0.2, 0) is 4.74 Å². The van der Waals surface area contributed by atoms with Gasteiger partial charge in [-0.25, -0.2) is 0 Å². The molecular formula is C16H29NO. The highest BCUT2D eigenvalue weighted by Gasteiger charge is 2.42. The van der Waals surface area contributed by atoms with E-state index in [1.807, 2.05) is 0 Å². The Morgan fingerprint density at radius 1 is 1.17 bits per heavy atom. The Morgan fingerprint density at radius 3 is 2.56 bits per heavy atom. The molecule has 2 heteroatoms. The molecule has 1 heterocycles. The van der Waals surface area contributed by atoms with Gasteiger partial charge in [-0.15, -0.1) is 0 Å². The summed E-state index contributed by atoms with van der Waals surface area (Å²) in [5.41, 5.74) is 1.64. The van der Waals surface area contributed by atoms with E-state index in [1.165, 1.54) is 32.1 Å². The molecule has 2 rings (SSSR count). The summed E-state index contributed by atoms with van der Waals surface area (Å²) in [5.74, 6) is 1.26. The summed E-state index contributed by atoms with van der Waals surface area (Å²) in [6.45, 7) is 6.81. The Bertz CT molecular complexity index is 299. The number of allylic oxidation sites excluding steroid dienone is 1. The molecule has 0 bridgehead atoms. The van der Waals surface area contributed by atoms with Crippen LogP contribution in [0.2, 0.25) is 0 Å². The zero-order valence-corrected chi connectivity index (χ0v) is 12.4. The third-order valence-electron chi connectivity index (χ3n) is 4.99. The lowest BCUT2D eigenvalue weighted by atomic mass is 9.79. The molecule has 104 valence electrons. The van der Waals surface area contributed by atoms with Gasteiger partial charge in [0.1, 0.15) is 0 Å². The molecule has 0 aromatic rings. The monoisotopic (exact) mass is 251 g/mol. The Labute approximate surface area is 112 Å². The van der Waals surface area contributed by atoms with Gasteiger partial charge in [-0.1, -0.05) is 25.0 Å². The molecular weight excluding hydrogens is 222 g/mol. The highest BCUT2D eigenvalue weighted by molar-refractivity contribution is 5.16. The average molecular weight is 251 g/mol. The van der Waals surface area contributed by atoms with Gasteiger partial charge in [0.2, 0.25) is 0 Å². The number of nitrogens with one attached hydrogen (secondary N) is 1. The molecule has 0 aromatic carbocycles. The van der Waals surface area contributed by atoms with Crippen molar-refractivity contribution in [2.45, 2.75) is 71.1 Å². The van der Waals surface area contributed by atoms with Crippen molar-refractivity contribution in [1.29, 1.82) is 0 Å². The van der Waals surface area contributed by atoms with Gasteiger partial charge < -0.3 is 10.1 Å². The van der Waals surface area contributed by atoms with Crippen LogP contribution in [0.5, 0.6) is 0 Å². The van der Waals surface area contributed by atoms with E-state index in [0.29, 0.717) is 30.1 Å². The van der Waals surface area contributed by atoms with E-state index in [4.69, 9.17) is 4.74 Å². The summed E-state index contributed by atoms with van der Waals surface area (Å²) in [6, 6.07) is 0.512. The zero-order valence-electron chi connectivity index (χ0n) is 12.4. The standard InChI is InChI=1S/C16H29NO/c1-11-12(2)18-13(3)15(11)16(17-4)14-9-7-5-6-8-10-14/h9,11-13,15-17H,5-8,10H2,1-4H3. The van der Waals surface area contributed by atoms with Crippen LogP contribution in [0.25, 0.3) is 0 Å². The largest absolute Gasteiger partial charge is 0.375 e. The second-order valence-corrected chi connectivity index (χ2v) is 6.13. The number of rotatable bonds is 3. The highest BCUT2D eigenvalue weighted by atomic mass is 16.5. The van der Waals surface area contributed by atoms with E-state index in [1.54, 1.807) is 5.57 Å². The third kappa shape index (κ3) is 2.80. The fourth-order valence-electron chi connectivity index (χ4n) is 3.82. The first-order valence-corrected chi connectivity index (χ1v) is 7.66. The zero-order chi connectivity index (χ0) is 13.1. The number of ether oxygens (including phenoxy) is 1. The first-order chi connectivity index (χ1) is 8.65. The molecule has 1 N–H and O–H groups in total. The number of hydrogen-bond acceptors (Lipinski definition) is 2. The van der Waals surface area contributed by atoms with Crippen LogP contribution in [0.4, 0.5) is 0 Å². The van der Waals surface area contributed by atoms with Gasteiger partial charge in [0, 0.05) is 12.0 Å². The summed E-state index contributed by atoms with van der Waals surface area (Å²) in [4.78, 5) is 0. The summed E-state index contributed by atoms with van der Waals surface area (Å²) in [7, 11) is 2.11. The molecule has 5 atom stereocenters. The SMILES string of the molecule is CNC(C1=CCCCCC1)C1C(C)OC(C)C1C. The van der Waals surface area contributed by atoms with Crippen LogP contribution in [0, 0.1) is 11.8 Å². The molecule has 0 aromatic heterocycles. The Hall–Kier alpha value is -0.340. The Balaban J connectivity index is 2.14. The minimum absolute atomic E-state index is 0.372. The van der Waals surface area contributed by atoms with E-state index >= 15 is 0 Å². The number of hydrogen-bond donors (Lipinski definition) is 1. The van der Waals surface area contributed by atoms with Gasteiger partial charge in [0.15, 0.2) is 0 Å². The van der Waals surface area contributed by atoms with Gasteiger partial charge >= 0.3 is 0 Å². The van der Waals surface area contributed by atoms with E-state index in [0.717, 1.165) is 0 Å². The van der Waals surface area contributed by atoms with Crippen LogP contribution in [0.3, 0.4) is 0 Å². The smallest absolute Gasteiger partial charge is 0.0600 e. The predicted octanol–water partition coefficient (Wildman–Crippen LogP) is 3.52. The van der Waals surface area contributed by atoms with Crippen molar-refractivity contribution in [2.24, 2.45) is 11.8 Å². The molecule has 0 saturated carbocycles. The quantitative estimate of drug-likeness (QED) is 0.775. The molecule has 0 spiro atoms. The fourth-order valence-corrected chi connectivity index (χ4v) is 3.82. The maximum Gasteiger partial charge on any atom is 0.0600 e. The fraction of sp³-hybridized carbons (Fsp3) is 0.875. The summed E-state index contributed by atoms with van der Waals surface area (Å²) in [6.07, 6.45) is 9.91. The molecule has 5 unspecified atom stereocenters. The van der Waals surface area contributed by atoms with Gasteiger partial charge in [-0.2, -0.15) is 0 Å². The van der Waals surface area contributed by atoms with E-state index < -0.39 is 0 Å². The van der Waals surface area contributed by atoms with Gasteiger partial charge in [0.05, 0.1) is 12.2 Å². The topological polar surface area (TPSA) is 21.3 Å². The van der Waals surface area contributed by atoms with Crippen LogP contribution in [0.15, 0.2) is 11.6 Å². The van der Waals surface area contributed by atoms with Crippen molar-refractivity contribution in [2.75, 3.05) is 7.05 Å². The van der Waals surface area contributed by atoms with Crippen molar-refractivity contribution < 1.29 is 4.74 Å². The van der Waals surface area contributed by atoms with Crippen molar-refractivity contribution in [1.82, 2.24) is 5.32 Å². The molecule has 1 saturated heterocycles. The Kier molecular flexibility index (Phi) is 4.85. The summed E-state index contributed by atoms with van der Waals surface area (Å²) in [5, 5.41) is 3.57. The van der Waals surface area contributed by atoms with Crippen molar-refractivity contribution in [3.63, 3.8) is 0 Å². The predicted molar refractivity (Wildman–Crippen MR) is 76.7 cm³/mol. The van der Waals surface area contributed by atoms with Crippen molar-refractivity contribution in [3.05, 3.63) is 11.6 Å². The van der Waals surface area contributed by atoms with Crippen LogP contribution < -0.4 is 5.32 Å². The van der Waals surface area contributed by atoms with Crippen LogP contribution in [-0.4, -0.2) is 25.3 Å². The second kappa shape index (κ2) is 6.21. The number of likely N-dealkylation sites (N-methyl/N-ethyl adjacent to an activating group) is 1. The van der Waals surface area contributed by atoms with Gasteiger partial charge in [-0.3, -0.25) is 0 Å². The van der Waals surface area contributed by atoms with E-state index in [-0.39, 0.29) is 0 Å². The minimum Gasteiger partial charge on any atom is -0.375 e. The lowest BCUT2D eigenvalue weighted by molar-refractivity contribution is 0.0489. The lowest BCUT2D eigenvalue weighted by Crippen LogP contribution is -2.41. The summed E-state index contributed by atoms with van der Waals surface area (Å²) >= 11 is 0. The minimum atomic E-state index is 0.372. The maximum atomic E-state index is 6.02. The van der Waals surface area contributed by atoms with Gasteiger partial charge in [0.25, 0.3) is 0 Å². The third-order valence-corrected chi connectivity index (χ3v) is 4.99. The first kappa shape index (κ1) is 14.1. The second-order valence-electron chi connectivity index (χ2n) is 6.13. The summed E-state index contributed by atoms with van der Waals surface area (Å²) < 4.78 is 6.02. The molecule has 2 aliphatic rings. The Morgan fingerprint density at radius 2 is 1.94 bits per heavy atom. The molecule has 0 radical (unpaired) electrons. The van der Waals surface area contributed by atoms with E-state index in [2.05, 4.69) is 39.2 Å². The molecule has 1 aliphatic carbocycles. The lowest BCUT2D eigenvalue weighted by Gasteiger charge is -2.31. The molecule has 2 nitrogen and oxygen atoms in total. The molecule has 18 heavy (non-hydrogen) atoms. The normalized spacial score (nSPS) is 39.2. The maximum absolute atomic E-state index is 6.02. The molecule has 0 amide bonds. The first-order valence-electron chi connectivity index (χ1n) is 7.66. The van der Waals surface area contributed by atoms with Crippen molar-refractivity contribution in [3.8, 4) is 0 Å².